The molecular formula is C9H7Br2ClN2O2. The Bertz CT molecular complexity index is 426. The van der Waals surface area contributed by atoms with Gasteiger partial charge in [0.05, 0.1) is 5.69 Å². The number of amides is 3. The van der Waals surface area contributed by atoms with Crippen LogP contribution in [0, 0.1) is 0 Å². The van der Waals surface area contributed by atoms with Gasteiger partial charge in [-0.2, -0.15) is 0 Å². The Balaban J connectivity index is 2.66. The van der Waals surface area contributed by atoms with E-state index in [1.807, 2.05) is 0 Å². The molecule has 0 bridgehead atoms. The highest BCUT2D eigenvalue weighted by molar-refractivity contribution is 9.11. The number of alkyl halides is 1. The van der Waals surface area contributed by atoms with Crippen molar-refractivity contribution in [2.45, 2.75) is 0 Å². The highest BCUT2D eigenvalue weighted by atomic mass is 79.9. The van der Waals surface area contributed by atoms with Crippen LogP contribution in [-0.4, -0.2) is 17.8 Å². The minimum Gasteiger partial charge on any atom is -0.307 e. The molecule has 0 radical (unpaired) electrons. The van der Waals surface area contributed by atoms with Gasteiger partial charge in [0.15, 0.2) is 0 Å². The lowest BCUT2D eigenvalue weighted by atomic mass is 10.3. The number of hydrogen-bond acceptors (Lipinski definition) is 2. The van der Waals surface area contributed by atoms with Crippen LogP contribution in [-0.2, 0) is 4.79 Å². The highest BCUT2D eigenvalue weighted by Crippen LogP contribution is 2.25. The molecule has 4 nitrogen and oxygen atoms in total. The van der Waals surface area contributed by atoms with Gasteiger partial charge in [0.1, 0.15) is 5.88 Å². The highest BCUT2D eigenvalue weighted by Gasteiger charge is 2.08. The number of halogens is 3. The third-order valence-electron chi connectivity index (χ3n) is 1.55. The number of benzene rings is 1. The quantitative estimate of drug-likeness (QED) is 0.786. The van der Waals surface area contributed by atoms with Crippen molar-refractivity contribution in [3.05, 3.63) is 27.1 Å². The van der Waals surface area contributed by atoms with Gasteiger partial charge in [-0.25, -0.2) is 4.79 Å². The van der Waals surface area contributed by atoms with Crippen molar-refractivity contribution >= 4 is 61.1 Å². The number of hydrogen-bond donors (Lipinski definition) is 2. The summed E-state index contributed by atoms with van der Waals surface area (Å²) < 4.78 is 1.58. The Morgan fingerprint density at radius 2 is 2.00 bits per heavy atom. The molecule has 1 rings (SSSR count). The first-order chi connectivity index (χ1) is 7.52. The van der Waals surface area contributed by atoms with E-state index < -0.39 is 11.9 Å². The van der Waals surface area contributed by atoms with Crippen LogP contribution in [0.25, 0.3) is 0 Å². The first-order valence-electron chi connectivity index (χ1n) is 4.15. The predicted molar refractivity (Wildman–Crippen MR) is 69.7 cm³/mol. The third kappa shape index (κ3) is 4.11. The van der Waals surface area contributed by atoms with Crippen LogP contribution in [0.1, 0.15) is 0 Å². The molecule has 0 unspecified atom stereocenters. The summed E-state index contributed by atoms with van der Waals surface area (Å²) in [6, 6.07) is 4.62. The molecule has 0 spiro atoms. The summed E-state index contributed by atoms with van der Waals surface area (Å²) in [5.74, 6) is -0.804. The zero-order valence-corrected chi connectivity index (χ0v) is 11.8. The second-order valence-corrected chi connectivity index (χ2v) is 4.80. The van der Waals surface area contributed by atoms with Crippen molar-refractivity contribution in [1.29, 1.82) is 0 Å². The number of carbonyl (C=O) groups is 2. The van der Waals surface area contributed by atoms with Crippen LogP contribution < -0.4 is 10.6 Å². The maximum Gasteiger partial charge on any atom is 0.325 e. The van der Waals surface area contributed by atoms with E-state index in [1.165, 1.54) is 0 Å². The van der Waals surface area contributed by atoms with Gasteiger partial charge >= 0.3 is 6.03 Å². The molecule has 0 aliphatic rings. The molecule has 0 fully saturated rings. The molecule has 7 heteroatoms. The molecule has 16 heavy (non-hydrogen) atoms. The van der Waals surface area contributed by atoms with Crippen molar-refractivity contribution in [3.63, 3.8) is 0 Å². The van der Waals surface area contributed by atoms with E-state index in [1.54, 1.807) is 18.2 Å². The summed E-state index contributed by atoms with van der Waals surface area (Å²) in [5.41, 5.74) is 0.558. The molecule has 1 aromatic carbocycles. The fourth-order valence-electron chi connectivity index (χ4n) is 0.904. The molecule has 0 aromatic heterocycles. The standard InChI is InChI=1S/C9H7Br2ClN2O2/c10-5-1-2-7(6(11)3-5)13-9(16)14-8(15)4-12/h1-3H,4H2,(H2,13,14,15,16). The Kier molecular flexibility index (Phi) is 5.24. The van der Waals surface area contributed by atoms with Crippen molar-refractivity contribution in [3.8, 4) is 0 Å². The normalized spacial score (nSPS) is 9.69. The maximum atomic E-state index is 11.3. The molecule has 2 N–H and O–H groups in total. The molecule has 86 valence electrons. The molecule has 0 saturated carbocycles. The number of rotatable bonds is 2. The van der Waals surface area contributed by atoms with Gasteiger partial charge in [-0.15, -0.1) is 11.6 Å². The Morgan fingerprint density at radius 1 is 1.31 bits per heavy atom. The van der Waals surface area contributed by atoms with E-state index in [4.69, 9.17) is 11.6 Å². The summed E-state index contributed by atoms with van der Waals surface area (Å²) in [7, 11) is 0. The molecule has 0 atom stereocenters. The third-order valence-corrected chi connectivity index (χ3v) is 2.95. The van der Waals surface area contributed by atoms with E-state index in [0.717, 1.165) is 4.47 Å². The number of urea groups is 1. The second kappa shape index (κ2) is 6.22. The SMILES string of the molecule is O=C(CCl)NC(=O)Nc1ccc(Br)cc1Br. The van der Waals surface area contributed by atoms with E-state index in [-0.39, 0.29) is 5.88 Å². The number of anilines is 1. The van der Waals surface area contributed by atoms with Crippen LogP contribution in [0.2, 0.25) is 0 Å². The Labute approximate surface area is 114 Å². The van der Waals surface area contributed by atoms with Gasteiger partial charge in [0.2, 0.25) is 5.91 Å². The maximum absolute atomic E-state index is 11.3. The van der Waals surface area contributed by atoms with Crippen molar-refractivity contribution in [1.82, 2.24) is 5.32 Å². The number of carbonyl (C=O) groups excluding carboxylic acids is 2. The zero-order chi connectivity index (χ0) is 12.1. The average Bonchev–Trinajstić information content (AvgIpc) is 2.22. The van der Waals surface area contributed by atoms with Crippen molar-refractivity contribution < 1.29 is 9.59 Å². The average molecular weight is 370 g/mol. The van der Waals surface area contributed by atoms with E-state index in [9.17, 15) is 9.59 Å². The molecular weight excluding hydrogens is 363 g/mol. The lowest BCUT2D eigenvalue weighted by Gasteiger charge is -2.07. The van der Waals surface area contributed by atoms with Crippen LogP contribution >= 0.6 is 43.5 Å². The summed E-state index contributed by atoms with van der Waals surface area (Å²) in [6.45, 7) is 0. The van der Waals surface area contributed by atoms with Crippen LogP contribution in [0.3, 0.4) is 0 Å². The van der Waals surface area contributed by atoms with E-state index >= 15 is 0 Å². The fourth-order valence-corrected chi connectivity index (χ4v) is 2.12. The van der Waals surface area contributed by atoms with Crippen molar-refractivity contribution in [2.24, 2.45) is 0 Å². The predicted octanol–water partition coefficient (Wildman–Crippen LogP) is 3.10. The van der Waals surface area contributed by atoms with Crippen LogP contribution in [0.15, 0.2) is 27.1 Å². The molecule has 1 aromatic rings. The molecule has 0 aliphatic carbocycles. The molecule has 0 saturated heterocycles. The Morgan fingerprint density at radius 3 is 2.56 bits per heavy atom. The van der Waals surface area contributed by atoms with Gasteiger partial charge in [0, 0.05) is 8.95 Å². The summed E-state index contributed by atoms with van der Waals surface area (Å²) in [4.78, 5) is 22.1. The minimum absolute atomic E-state index is 0.255. The van der Waals surface area contributed by atoms with Crippen LogP contribution in [0.4, 0.5) is 10.5 Å². The van der Waals surface area contributed by atoms with Gasteiger partial charge in [-0.05, 0) is 34.1 Å². The molecule has 0 heterocycles. The van der Waals surface area contributed by atoms with E-state index in [0.29, 0.717) is 10.2 Å². The van der Waals surface area contributed by atoms with Gasteiger partial charge < -0.3 is 5.32 Å². The summed E-state index contributed by atoms with van der Waals surface area (Å²) in [5, 5.41) is 4.57. The topological polar surface area (TPSA) is 58.2 Å². The van der Waals surface area contributed by atoms with E-state index in [2.05, 4.69) is 42.5 Å². The summed E-state index contributed by atoms with van der Waals surface area (Å²) in [6.07, 6.45) is 0. The fraction of sp³-hybridized carbons (Fsp3) is 0.111. The second-order valence-electron chi connectivity index (χ2n) is 2.76. The minimum atomic E-state index is -0.617. The summed E-state index contributed by atoms with van der Waals surface area (Å²) >= 11 is 11.8. The van der Waals surface area contributed by atoms with Crippen molar-refractivity contribution in [2.75, 3.05) is 11.2 Å². The largest absolute Gasteiger partial charge is 0.325 e. The van der Waals surface area contributed by atoms with Gasteiger partial charge in [-0.3, -0.25) is 10.1 Å². The lowest BCUT2D eigenvalue weighted by molar-refractivity contribution is -0.117. The van der Waals surface area contributed by atoms with Crippen LogP contribution in [0.5, 0.6) is 0 Å². The monoisotopic (exact) mass is 368 g/mol. The smallest absolute Gasteiger partial charge is 0.307 e. The number of imide groups is 1. The lowest BCUT2D eigenvalue weighted by Crippen LogP contribution is -2.35. The zero-order valence-electron chi connectivity index (χ0n) is 7.89. The van der Waals surface area contributed by atoms with Gasteiger partial charge in [-0.1, -0.05) is 15.9 Å². The number of nitrogens with one attached hydrogen (secondary N) is 2. The first kappa shape index (κ1) is 13.5. The van der Waals surface area contributed by atoms with Gasteiger partial charge in [0.25, 0.3) is 0 Å². The first-order valence-corrected chi connectivity index (χ1v) is 6.27. The molecule has 3 amide bonds. The molecule has 0 aliphatic heterocycles. The Hall–Kier alpha value is -0.590.